The number of hydrogen-bond donors (Lipinski definition) is 0. The van der Waals surface area contributed by atoms with Crippen molar-refractivity contribution >= 4 is 17.5 Å². The Balaban J connectivity index is 1.55. The summed E-state index contributed by atoms with van der Waals surface area (Å²) < 4.78 is 1.73. The normalized spacial score (nSPS) is 10.7. The highest BCUT2D eigenvalue weighted by Gasteiger charge is 2.10. The van der Waals surface area contributed by atoms with Gasteiger partial charge in [-0.25, -0.2) is 0 Å². The van der Waals surface area contributed by atoms with E-state index in [1.165, 1.54) is 0 Å². The van der Waals surface area contributed by atoms with Crippen LogP contribution in [0.3, 0.4) is 0 Å². The van der Waals surface area contributed by atoms with Crippen LogP contribution in [0.2, 0.25) is 0 Å². The second-order valence-corrected chi connectivity index (χ2v) is 6.52. The number of thioether (sulfide) groups is 1. The number of aromatic nitrogens is 4. The molecular formula is C18H18N4OS. The summed E-state index contributed by atoms with van der Waals surface area (Å²) in [6.07, 6.45) is 1.32. The summed E-state index contributed by atoms with van der Waals surface area (Å²) in [6.45, 7) is 2.04. The van der Waals surface area contributed by atoms with E-state index in [0.717, 1.165) is 34.1 Å². The number of ketones is 1. The maximum Gasteiger partial charge on any atom is 0.214 e. The second-order valence-electron chi connectivity index (χ2n) is 5.45. The highest BCUT2D eigenvalue weighted by molar-refractivity contribution is 7.99. The zero-order chi connectivity index (χ0) is 16.8. The zero-order valence-electron chi connectivity index (χ0n) is 13.4. The monoisotopic (exact) mass is 338 g/mol. The first-order valence-electron chi connectivity index (χ1n) is 7.80. The van der Waals surface area contributed by atoms with Crippen molar-refractivity contribution < 1.29 is 4.79 Å². The number of benzene rings is 2. The molecule has 6 heteroatoms. The standard InChI is InChI=1S/C18H18N4OS/c1-14-7-5-10-16(13-14)22-18(19-20-21-22)24-12-6-11-17(23)15-8-3-2-4-9-15/h2-5,7-10,13H,6,11-12H2,1H3. The van der Waals surface area contributed by atoms with Crippen LogP contribution in [0.25, 0.3) is 5.69 Å². The Morgan fingerprint density at radius 1 is 1.12 bits per heavy atom. The molecule has 0 aliphatic heterocycles. The fourth-order valence-corrected chi connectivity index (χ4v) is 3.18. The molecule has 0 atom stereocenters. The van der Waals surface area contributed by atoms with E-state index in [4.69, 9.17) is 0 Å². The zero-order valence-corrected chi connectivity index (χ0v) is 14.2. The fourth-order valence-electron chi connectivity index (χ4n) is 2.36. The average Bonchev–Trinajstić information content (AvgIpc) is 3.08. The van der Waals surface area contributed by atoms with Gasteiger partial charge < -0.3 is 0 Å². The van der Waals surface area contributed by atoms with E-state index < -0.39 is 0 Å². The molecule has 1 heterocycles. The fraction of sp³-hybridized carbons (Fsp3) is 0.222. The van der Waals surface area contributed by atoms with E-state index in [2.05, 4.69) is 15.5 Å². The summed E-state index contributed by atoms with van der Waals surface area (Å²) in [7, 11) is 0. The molecule has 0 bridgehead atoms. The largest absolute Gasteiger partial charge is 0.294 e. The van der Waals surface area contributed by atoms with E-state index >= 15 is 0 Å². The lowest BCUT2D eigenvalue weighted by molar-refractivity contribution is 0.0982. The van der Waals surface area contributed by atoms with E-state index in [9.17, 15) is 4.79 Å². The highest BCUT2D eigenvalue weighted by atomic mass is 32.2. The van der Waals surface area contributed by atoms with Gasteiger partial charge in [-0.15, -0.1) is 5.10 Å². The number of carbonyl (C=O) groups is 1. The summed E-state index contributed by atoms with van der Waals surface area (Å²) in [5, 5.41) is 12.6. The molecule has 0 aliphatic rings. The molecule has 0 spiro atoms. The lowest BCUT2D eigenvalue weighted by Crippen LogP contribution is -2.01. The van der Waals surface area contributed by atoms with Gasteiger partial charge in [-0.05, 0) is 41.5 Å². The molecule has 3 aromatic rings. The van der Waals surface area contributed by atoms with Crippen molar-refractivity contribution in [1.82, 2.24) is 20.2 Å². The topological polar surface area (TPSA) is 60.7 Å². The molecule has 0 aliphatic carbocycles. The molecule has 122 valence electrons. The van der Waals surface area contributed by atoms with E-state index in [-0.39, 0.29) is 5.78 Å². The molecule has 3 rings (SSSR count). The molecule has 5 nitrogen and oxygen atoms in total. The van der Waals surface area contributed by atoms with E-state index in [0.29, 0.717) is 6.42 Å². The number of carbonyl (C=O) groups excluding carboxylic acids is 1. The smallest absolute Gasteiger partial charge is 0.214 e. The van der Waals surface area contributed by atoms with E-state index in [1.807, 2.05) is 61.5 Å². The predicted octanol–water partition coefficient (Wildman–Crippen LogP) is 3.73. The minimum absolute atomic E-state index is 0.175. The van der Waals surface area contributed by atoms with Gasteiger partial charge in [-0.3, -0.25) is 4.79 Å². The van der Waals surface area contributed by atoms with Crippen LogP contribution in [0.5, 0.6) is 0 Å². The number of aryl methyl sites for hydroxylation is 1. The van der Waals surface area contributed by atoms with Crippen molar-refractivity contribution in [3.63, 3.8) is 0 Å². The van der Waals surface area contributed by atoms with Crippen molar-refractivity contribution in [3.05, 3.63) is 65.7 Å². The minimum atomic E-state index is 0.175. The summed E-state index contributed by atoms with van der Waals surface area (Å²) >= 11 is 1.57. The molecular weight excluding hydrogens is 320 g/mol. The summed E-state index contributed by atoms with van der Waals surface area (Å²) in [5.41, 5.74) is 2.88. The number of rotatable bonds is 7. The Morgan fingerprint density at radius 3 is 2.75 bits per heavy atom. The molecule has 1 aromatic heterocycles. The van der Waals surface area contributed by atoms with Crippen molar-refractivity contribution in [2.75, 3.05) is 5.75 Å². The molecule has 0 N–H and O–H groups in total. The predicted molar refractivity (Wildman–Crippen MR) is 94.6 cm³/mol. The van der Waals surface area contributed by atoms with Crippen molar-refractivity contribution in [2.45, 2.75) is 24.9 Å². The number of nitrogens with zero attached hydrogens (tertiary/aromatic N) is 4. The lowest BCUT2D eigenvalue weighted by Gasteiger charge is -2.05. The van der Waals surface area contributed by atoms with Crippen LogP contribution >= 0.6 is 11.8 Å². The van der Waals surface area contributed by atoms with Gasteiger partial charge in [0.05, 0.1) is 5.69 Å². The molecule has 0 unspecified atom stereocenters. The van der Waals surface area contributed by atoms with Crippen LogP contribution in [0.1, 0.15) is 28.8 Å². The Hall–Kier alpha value is -2.47. The number of hydrogen-bond acceptors (Lipinski definition) is 5. The van der Waals surface area contributed by atoms with Crippen LogP contribution < -0.4 is 0 Å². The Morgan fingerprint density at radius 2 is 1.96 bits per heavy atom. The Kier molecular flexibility index (Phi) is 5.38. The van der Waals surface area contributed by atoms with Crippen LogP contribution in [-0.4, -0.2) is 31.7 Å². The maximum atomic E-state index is 12.1. The second kappa shape index (κ2) is 7.88. The van der Waals surface area contributed by atoms with Crippen LogP contribution in [0.15, 0.2) is 59.8 Å². The van der Waals surface area contributed by atoms with Gasteiger partial charge in [0.1, 0.15) is 0 Å². The molecule has 0 saturated carbocycles. The van der Waals surface area contributed by atoms with Crippen molar-refractivity contribution in [1.29, 1.82) is 0 Å². The molecule has 0 saturated heterocycles. The third-order valence-corrected chi connectivity index (χ3v) is 4.57. The maximum absolute atomic E-state index is 12.1. The third-order valence-electron chi connectivity index (χ3n) is 3.56. The van der Waals surface area contributed by atoms with Crippen LogP contribution in [0.4, 0.5) is 0 Å². The summed E-state index contributed by atoms with van der Waals surface area (Å²) in [6, 6.07) is 17.4. The highest BCUT2D eigenvalue weighted by Crippen LogP contribution is 2.20. The van der Waals surface area contributed by atoms with Gasteiger partial charge in [0.25, 0.3) is 0 Å². The van der Waals surface area contributed by atoms with Gasteiger partial charge in [0, 0.05) is 17.7 Å². The van der Waals surface area contributed by atoms with Crippen molar-refractivity contribution in [3.8, 4) is 5.69 Å². The first-order chi connectivity index (χ1) is 11.7. The van der Waals surface area contributed by atoms with Crippen molar-refractivity contribution in [2.24, 2.45) is 0 Å². The summed E-state index contributed by atoms with van der Waals surface area (Å²) in [4.78, 5) is 12.1. The average molecular weight is 338 g/mol. The van der Waals surface area contributed by atoms with Crippen LogP contribution in [0, 0.1) is 6.92 Å². The molecule has 0 amide bonds. The molecule has 24 heavy (non-hydrogen) atoms. The lowest BCUT2D eigenvalue weighted by atomic mass is 10.1. The number of tetrazole rings is 1. The molecule has 2 aromatic carbocycles. The number of Topliss-reactive ketones (excluding diaryl/α,β-unsaturated/α-hetero) is 1. The van der Waals surface area contributed by atoms with Crippen LogP contribution in [-0.2, 0) is 0 Å². The Bertz CT molecular complexity index is 817. The SMILES string of the molecule is Cc1cccc(-n2nnnc2SCCCC(=O)c2ccccc2)c1. The van der Waals surface area contributed by atoms with Gasteiger partial charge in [0.15, 0.2) is 5.78 Å². The van der Waals surface area contributed by atoms with Gasteiger partial charge in [0.2, 0.25) is 5.16 Å². The van der Waals surface area contributed by atoms with Gasteiger partial charge >= 0.3 is 0 Å². The van der Waals surface area contributed by atoms with Gasteiger partial charge in [-0.1, -0.05) is 54.2 Å². The van der Waals surface area contributed by atoms with E-state index in [1.54, 1.807) is 16.4 Å². The molecule has 0 radical (unpaired) electrons. The quantitative estimate of drug-likeness (QED) is 0.373. The minimum Gasteiger partial charge on any atom is -0.294 e. The Labute approximate surface area is 145 Å². The summed E-state index contributed by atoms with van der Waals surface area (Å²) in [5.74, 6) is 0.972. The third kappa shape index (κ3) is 4.08. The van der Waals surface area contributed by atoms with Gasteiger partial charge in [-0.2, -0.15) is 4.68 Å². The molecule has 0 fully saturated rings. The first kappa shape index (κ1) is 16.4. The first-order valence-corrected chi connectivity index (χ1v) is 8.79.